The highest BCUT2D eigenvalue weighted by Crippen LogP contribution is 2.47. The maximum absolute atomic E-state index is 14.3. The zero-order valence-corrected chi connectivity index (χ0v) is 24.1. The number of nitrogens with one attached hydrogen (secondary N) is 1. The van der Waals surface area contributed by atoms with Gasteiger partial charge in [-0.25, -0.2) is 4.79 Å². The largest absolute Gasteiger partial charge is 0.486 e. The van der Waals surface area contributed by atoms with E-state index in [1.165, 1.54) is 23.1 Å². The van der Waals surface area contributed by atoms with Gasteiger partial charge in [-0.05, 0) is 42.0 Å². The number of hydrogen-bond donors (Lipinski definition) is 3. The second-order valence-corrected chi connectivity index (χ2v) is 11.2. The number of halogens is 2. The SMILES string of the molecule is O=C(NCCO)C1=CC(N(Cc2ccc(Cl)cc2Cl)C(=O)c2cc3ccccc3oc2=O)C(O)C2Oc3ccccc3C12. The molecule has 0 radical (unpaired) electrons. The number of fused-ring (bicyclic) bond motifs is 4. The van der Waals surface area contributed by atoms with E-state index in [-0.39, 0.29) is 35.9 Å². The van der Waals surface area contributed by atoms with Gasteiger partial charge in [0.25, 0.3) is 5.91 Å². The summed E-state index contributed by atoms with van der Waals surface area (Å²) in [5.41, 5.74) is 0.668. The van der Waals surface area contributed by atoms with Crippen molar-refractivity contribution in [3.05, 3.63) is 122 Å². The molecule has 4 atom stereocenters. The van der Waals surface area contributed by atoms with Crippen LogP contribution in [0.4, 0.5) is 0 Å². The van der Waals surface area contributed by atoms with Crippen LogP contribution in [0.15, 0.2) is 93.7 Å². The van der Waals surface area contributed by atoms with Gasteiger partial charge < -0.3 is 29.6 Å². The van der Waals surface area contributed by atoms with Gasteiger partial charge in [0.05, 0.1) is 18.6 Å². The molecule has 3 aromatic carbocycles. The van der Waals surface area contributed by atoms with Crippen molar-refractivity contribution in [2.24, 2.45) is 0 Å². The van der Waals surface area contributed by atoms with Gasteiger partial charge in [0.2, 0.25) is 5.91 Å². The van der Waals surface area contributed by atoms with Crippen LogP contribution < -0.4 is 15.7 Å². The highest BCUT2D eigenvalue weighted by molar-refractivity contribution is 6.35. The summed E-state index contributed by atoms with van der Waals surface area (Å²) < 4.78 is 11.6. The average molecular weight is 621 g/mol. The van der Waals surface area contributed by atoms with Crippen LogP contribution in [0.3, 0.4) is 0 Å². The van der Waals surface area contributed by atoms with Gasteiger partial charge in [0.1, 0.15) is 29.1 Å². The molecule has 0 saturated heterocycles. The van der Waals surface area contributed by atoms with Crippen LogP contribution in [-0.2, 0) is 11.3 Å². The lowest BCUT2D eigenvalue weighted by molar-refractivity contribution is -0.118. The standard InChI is InChI=1S/C32H26Cl2N2O7/c33-19-10-9-18(23(34)14-19)16-36(31(40)22-13-17-5-1-3-7-25(17)43-32(22)41)24-15-21(30(39)35-11-12-37)27-20-6-2-4-8-26(20)42-29(27)28(24)38/h1-10,13-15,24,27-29,37-38H,11-12,16H2,(H,35,39). The summed E-state index contributed by atoms with van der Waals surface area (Å²) in [5, 5.41) is 25.0. The third kappa shape index (κ3) is 5.41. The fraction of sp³-hybridized carbons (Fsp3) is 0.219. The summed E-state index contributed by atoms with van der Waals surface area (Å²) in [7, 11) is 0. The number of amides is 2. The molecule has 4 aromatic rings. The molecule has 3 N–H and O–H groups in total. The number of nitrogens with zero attached hydrogens (tertiary/aromatic N) is 1. The smallest absolute Gasteiger partial charge is 0.349 e. The predicted octanol–water partition coefficient (Wildman–Crippen LogP) is 4.07. The molecule has 2 heterocycles. The fourth-order valence-corrected chi connectivity index (χ4v) is 6.17. The summed E-state index contributed by atoms with van der Waals surface area (Å²) in [6, 6.07) is 19.1. The molecular formula is C32H26Cl2N2O7. The van der Waals surface area contributed by atoms with Gasteiger partial charge in [0, 0.05) is 39.7 Å². The van der Waals surface area contributed by atoms with Gasteiger partial charge in [0.15, 0.2) is 0 Å². The molecule has 0 fully saturated rings. The molecule has 4 unspecified atom stereocenters. The number of aliphatic hydroxyl groups excluding tert-OH is 2. The van der Waals surface area contributed by atoms with Gasteiger partial charge in [-0.15, -0.1) is 0 Å². The molecule has 43 heavy (non-hydrogen) atoms. The topological polar surface area (TPSA) is 129 Å². The molecular weight excluding hydrogens is 595 g/mol. The van der Waals surface area contributed by atoms with Crippen molar-refractivity contribution < 1.29 is 29.0 Å². The summed E-state index contributed by atoms with van der Waals surface area (Å²) in [6.45, 7) is -0.413. The first kappa shape index (κ1) is 28.9. The Balaban J connectivity index is 1.49. The number of para-hydroxylation sites is 2. The van der Waals surface area contributed by atoms with E-state index in [1.54, 1.807) is 48.5 Å². The van der Waals surface area contributed by atoms with Crippen molar-refractivity contribution in [1.82, 2.24) is 10.2 Å². The van der Waals surface area contributed by atoms with Crippen molar-refractivity contribution in [2.45, 2.75) is 30.7 Å². The minimum absolute atomic E-state index is 0.00441. The first-order valence-corrected chi connectivity index (χ1v) is 14.3. The van der Waals surface area contributed by atoms with Gasteiger partial charge >= 0.3 is 5.63 Å². The van der Waals surface area contributed by atoms with Crippen LogP contribution >= 0.6 is 23.2 Å². The Morgan fingerprint density at radius 1 is 1.00 bits per heavy atom. The van der Waals surface area contributed by atoms with E-state index in [0.717, 1.165) is 0 Å². The minimum atomic E-state index is -1.31. The molecule has 2 aliphatic rings. The van der Waals surface area contributed by atoms with Gasteiger partial charge in [-0.3, -0.25) is 9.59 Å². The summed E-state index contributed by atoms with van der Waals surface area (Å²) in [4.78, 5) is 42.1. The molecule has 220 valence electrons. The Hall–Kier alpha value is -4.15. The third-order valence-electron chi connectivity index (χ3n) is 7.73. The number of rotatable bonds is 7. The Morgan fingerprint density at radius 3 is 2.56 bits per heavy atom. The summed E-state index contributed by atoms with van der Waals surface area (Å²) in [6.07, 6.45) is -0.713. The highest BCUT2D eigenvalue weighted by atomic mass is 35.5. The Kier molecular flexibility index (Phi) is 7.98. The number of benzene rings is 3. The van der Waals surface area contributed by atoms with E-state index in [2.05, 4.69) is 5.32 Å². The number of carbonyl (C=O) groups excluding carboxylic acids is 2. The van der Waals surface area contributed by atoms with E-state index < -0.39 is 41.6 Å². The Bertz CT molecular complexity index is 1820. The van der Waals surface area contributed by atoms with Crippen LogP contribution in [0, 0.1) is 0 Å². The number of hydrogen-bond acceptors (Lipinski definition) is 7. The number of aliphatic hydroxyl groups is 2. The van der Waals surface area contributed by atoms with E-state index >= 15 is 0 Å². The van der Waals surface area contributed by atoms with Crippen LogP contribution in [-0.4, -0.2) is 58.3 Å². The van der Waals surface area contributed by atoms with Crippen molar-refractivity contribution in [1.29, 1.82) is 0 Å². The lowest BCUT2D eigenvalue weighted by Crippen LogP contribution is -2.56. The van der Waals surface area contributed by atoms with E-state index in [9.17, 15) is 24.6 Å². The first-order chi connectivity index (χ1) is 20.8. The maximum atomic E-state index is 14.3. The fourth-order valence-electron chi connectivity index (χ4n) is 5.70. The predicted molar refractivity (Wildman–Crippen MR) is 160 cm³/mol. The second-order valence-electron chi connectivity index (χ2n) is 10.3. The molecule has 11 heteroatoms. The maximum Gasteiger partial charge on any atom is 0.349 e. The number of carbonyl (C=O) groups is 2. The van der Waals surface area contributed by atoms with Crippen molar-refractivity contribution in [2.75, 3.05) is 13.2 Å². The monoisotopic (exact) mass is 620 g/mol. The van der Waals surface area contributed by atoms with Crippen LogP contribution in [0.25, 0.3) is 11.0 Å². The van der Waals surface area contributed by atoms with Gasteiger partial charge in [-0.2, -0.15) is 0 Å². The van der Waals surface area contributed by atoms with Crippen molar-refractivity contribution >= 4 is 46.0 Å². The Morgan fingerprint density at radius 2 is 1.77 bits per heavy atom. The van der Waals surface area contributed by atoms with Crippen LogP contribution in [0.2, 0.25) is 10.0 Å². The molecule has 0 spiro atoms. The average Bonchev–Trinajstić information content (AvgIpc) is 3.40. The molecule has 0 saturated carbocycles. The van der Waals surface area contributed by atoms with Crippen molar-refractivity contribution in [3.63, 3.8) is 0 Å². The van der Waals surface area contributed by atoms with Crippen LogP contribution in [0.5, 0.6) is 5.75 Å². The van der Waals surface area contributed by atoms with Crippen molar-refractivity contribution in [3.8, 4) is 5.75 Å². The normalized spacial score (nSPS) is 20.5. The molecule has 1 aliphatic heterocycles. The minimum Gasteiger partial charge on any atom is -0.486 e. The highest BCUT2D eigenvalue weighted by Gasteiger charge is 2.50. The van der Waals surface area contributed by atoms with Crippen LogP contribution in [0.1, 0.15) is 27.4 Å². The Labute approximate surface area is 255 Å². The molecule has 0 bridgehead atoms. The quantitative estimate of drug-likeness (QED) is 0.266. The zero-order chi connectivity index (χ0) is 30.2. The molecule has 6 rings (SSSR count). The molecule has 1 aliphatic carbocycles. The summed E-state index contributed by atoms with van der Waals surface area (Å²) >= 11 is 12.6. The van der Waals surface area contributed by atoms with Gasteiger partial charge in [-0.1, -0.05) is 65.7 Å². The summed E-state index contributed by atoms with van der Waals surface area (Å²) in [5.74, 6) is -1.35. The van der Waals surface area contributed by atoms with E-state index in [0.29, 0.717) is 32.9 Å². The lowest BCUT2D eigenvalue weighted by Gasteiger charge is -2.40. The van der Waals surface area contributed by atoms with E-state index in [1.807, 2.05) is 12.1 Å². The third-order valence-corrected chi connectivity index (χ3v) is 8.31. The molecule has 1 aromatic heterocycles. The van der Waals surface area contributed by atoms with E-state index in [4.69, 9.17) is 32.4 Å². The lowest BCUT2D eigenvalue weighted by atomic mass is 9.77. The molecule has 2 amide bonds. The second kappa shape index (κ2) is 11.9. The zero-order valence-electron chi connectivity index (χ0n) is 22.6. The molecule has 9 nitrogen and oxygen atoms in total. The first-order valence-electron chi connectivity index (χ1n) is 13.6. The number of ether oxygens (including phenoxy) is 1.